The van der Waals surface area contributed by atoms with Crippen molar-refractivity contribution < 1.29 is 19.4 Å². The molecule has 0 aliphatic carbocycles. The number of aromatic nitrogens is 1. The van der Waals surface area contributed by atoms with Crippen LogP contribution in [0.5, 0.6) is 0 Å². The van der Waals surface area contributed by atoms with E-state index in [9.17, 15) is 19.9 Å². The van der Waals surface area contributed by atoms with Crippen LogP contribution in [-0.2, 0) is 11.2 Å². The maximum Gasteiger partial charge on any atom is 0.308 e. The Labute approximate surface area is 185 Å². The third-order valence-corrected chi connectivity index (χ3v) is 5.26. The Hall–Kier alpha value is -4.20. The van der Waals surface area contributed by atoms with Crippen LogP contribution in [0, 0.1) is 16.5 Å². The summed E-state index contributed by atoms with van der Waals surface area (Å²) in [6.07, 6.45) is 2.98. The molecule has 0 aliphatic rings. The number of nitrogens with zero attached hydrogens (tertiary/aromatic N) is 1. The van der Waals surface area contributed by atoms with Crippen LogP contribution in [-0.4, -0.2) is 28.9 Å². The number of aliphatic carboxylic acids is 1. The SMILES string of the molecule is CC(NC(=O)c1ccc(-c2cc[n+]([O-])cc2)cc1)[C@H](Cc1cccc(C(=N)N)c1)C(=O)O. The van der Waals surface area contributed by atoms with Gasteiger partial charge in [0.05, 0.1) is 5.92 Å². The van der Waals surface area contributed by atoms with Crippen molar-refractivity contribution in [2.24, 2.45) is 11.7 Å². The molecule has 0 saturated heterocycles. The number of pyridine rings is 1. The average molecular weight is 432 g/mol. The van der Waals surface area contributed by atoms with Gasteiger partial charge in [-0.1, -0.05) is 30.3 Å². The van der Waals surface area contributed by atoms with E-state index in [1.807, 2.05) is 0 Å². The molecule has 0 fully saturated rings. The third-order valence-electron chi connectivity index (χ3n) is 5.26. The van der Waals surface area contributed by atoms with Crippen molar-refractivity contribution in [1.29, 1.82) is 5.41 Å². The number of carbonyl (C=O) groups excluding carboxylic acids is 1. The predicted octanol–water partition coefficient (Wildman–Crippen LogP) is 2.33. The van der Waals surface area contributed by atoms with E-state index in [-0.39, 0.29) is 18.2 Å². The minimum atomic E-state index is -1.03. The molecular weight excluding hydrogens is 408 g/mol. The van der Waals surface area contributed by atoms with Crippen LogP contribution in [0.1, 0.15) is 28.4 Å². The molecule has 0 bridgehead atoms. The van der Waals surface area contributed by atoms with Gasteiger partial charge in [-0.3, -0.25) is 15.0 Å². The second-order valence-corrected chi connectivity index (χ2v) is 7.55. The number of benzene rings is 2. The molecule has 3 aromatic rings. The van der Waals surface area contributed by atoms with Gasteiger partial charge >= 0.3 is 5.97 Å². The van der Waals surface area contributed by atoms with Crippen molar-refractivity contribution >= 4 is 17.7 Å². The highest BCUT2D eigenvalue weighted by atomic mass is 16.5. The number of carbonyl (C=O) groups is 2. The zero-order valence-corrected chi connectivity index (χ0v) is 17.5. The Kier molecular flexibility index (Phi) is 6.84. The van der Waals surface area contributed by atoms with E-state index in [1.54, 1.807) is 67.6 Å². The highest BCUT2D eigenvalue weighted by Gasteiger charge is 2.27. The maximum atomic E-state index is 12.7. The van der Waals surface area contributed by atoms with E-state index in [0.717, 1.165) is 16.7 Å². The molecule has 0 spiro atoms. The Bertz CT molecular complexity index is 1130. The second kappa shape index (κ2) is 9.74. The van der Waals surface area contributed by atoms with Crippen LogP contribution in [0.2, 0.25) is 0 Å². The van der Waals surface area contributed by atoms with Crippen LogP contribution in [0.15, 0.2) is 73.1 Å². The van der Waals surface area contributed by atoms with Crippen molar-refractivity contribution in [1.82, 2.24) is 5.32 Å². The molecule has 0 radical (unpaired) electrons. The van der Waals surface area contributed by atoms with E-state index in [2.05, 4.69) is 5.32 Å². The molecular formula is C24H24N4O4. The average Bonchev–Trinajstić information content (AvgIpc) is 2.78. The lowest BCUT2D eigenvalue weighted by atomic mass is 9.92. The first-order chi connectivity index (χ1) is 15.2. The van der Waals surface area contributed by atoms with Crippen LogP contribution < -0.4 is 15.8 Å². The van der Waals surface area contributed by atoms with Gasteiger partial charge in [0, 0.05) is 29.3 Å². The number of nitrogens with one attached hydrogen (secondary N) is 2. The molecule has 1 unspecified atom stereocenters. The Morgan fingerprint density at radius 3 is 2.28 bits per heavy atom. The van der Waals surface area contributed by atoms with Crippen molar-refractivity contribution in [3.8, 4) is 11.1 Å². The topological polar surface area (TPSA) is 143 Å². The molecule has 2 atom stereocenters. The number of carboxylic acid groups (broad SMARTS) is 1. The first-order valence-corrected chi connectivity index (χ1v) is 10.0. The number of rotatable bonds is 8. The number of amides is 1. The fourth-order valence-corrected chi connectivity index (χ4v) is 3.41. The Morgan fingerprint density at radius 1 is 1.06 bits per heavy atom. The summed E-state index contributed by atoms with van der Waals surface area (Å²) in [6.45, 7) is 1.65. The largest absolute Gasteiger partial charge is 0.619 e. The normalized spacial score (nSPS) is 12.5. The summed E-state index contributed by atoms with van der Waals surface area (Å²) in [5.41, 5.74) is 8.85. The molecule has 164 valence electrons. The Balaban J connectivity index is 1.69. The fraction of sp³-hybridized carbons (Fsp3) is 0.167. The molecule has 2 aromatic carbocycles. The van der Waals surface area contributed by atoms with E-state index in [1.165, 1.54) is 12.4 Å². The number of hydrogen-bond acceptors (Lipinski definition) is 4. The van der Waals surface area contributed by atoms with Gasteiger partial charge in [-0.05, 0) is 48.2 Å². The first-order valence-electron chi connectivity index (χ1n) is 10.0. The van der Waals surface area contributed by atoms with Crippen LogP contribution >= 0.6 is 0 Å². The monoisotopic (exact) mass is 432 g/mol. The summed E-state index contributed by atoms with van der Waals surface area (Å²) in [5, 5.41) is 31.2. The number of nitrogen functional groups attached to an aromatic ring is 1. The second-order valence-electron chi connectivity index (χ2n) is 7.55. The van der Waals surface area contributed by atoms with E-state index in [4.69, 9.17) is 11.1 Å². The van der Waals surface area contributed by atoms with E-state index < -0.39 is 17.9 Å². The molecule has 5 N–H and O–H groups in total. The van der Waals surface area contributed by atoms with Gasteiger partial charge in [0.2, 0.25) is 0 Å². The van der Waals surface area contributed by atoms with Crippen LogP contribution in [0.25, 0.3) is 11.1 Å². The lowest BCUT2D eigenvalue weighted by Crippen LogP contribution is -2.42. The van der Waals surface area contributed by atoms with Crippen molar-refractivity contribution in [3.05, 3.63) is 95.0 Å². The number of carboxylic acids is 1. The molecule has 8 heteroatoms. The lowest BCUT2D eigenvalue weighted by molar-refractivity contribution is -0.605. The molecule has 1 heterocycles. The van der Waals surface area contributed by atoms with Gasteiger partial charge < -0.3 is 21.4 Å². The number of amidine groups is 1. The predicted molar refractivity (Wildman–Crippen MR) is 120 cm³/mol. The molecule has 8 nitrogen and oxygen atoms in total. The fourth-order valence-electron chi connectivity index (χ4n) is 3.41. The van der Waals surface area contributed by atoms with Crippen molar-refractivity contribution in [2.45, 2.75) is 19.4 Å². The lowest BCUT2D eigenvalue weighted by Gasteiger charge is -2.22. The molecule has 0 saturated carbocycles. The van der Waals surface area contributed by atoms with Gasteiger partial charge in [0.25, 0.3) is 5.91 Å². The molecule has 0 aliphatic heterocycles. The summed E-state index contributed by atoms with van der Waals surface area (Å²) >= 11 is 0. The highest BCUT2D eigenvalue weighted by Crippen LogP contribution is 2.19. The molecule has 1 amide bonds. The summed E-state index contributed by atoms with van der Waals surface area (Å²) in [7, 11) is 0. The first kappa shape index (κ1) is 22.5. The van der Waals surface area contributed by atoms with Gasteiger partial charge in [0.1, 0.15) is 5.84 Å². The summed E-state index contributed by atoms with van der Waals surface area (Å²) in [6, 6.07) is 16.4. The van der Waals surface area contributed by atoms with E-state index >= 15 is 0 Å². The molecule has 1 aromatic heterocycles. The zero-order valence-electron chi connectivity index (χ0n) is 17.5. The number of hydrogen-bond donors (Lipinski definition) is 4. The summed E-state index contributed by atoms with van der Waals surface area (Å²) in [5.74, 6) is -2.35. The quantitative estimate of drug-likeness (QED) is 0.187. The summed E-state index contributed by atoms with van der Waals surface area (Å²) < 4.78 is 0.696. The smallest absolute Gasteiger partial charge is 0.308 e. The third kappa shape index (κ3) is 5.48. The van der Waals surface area contributed by atoms with Crippen molar-refractivity contribution in [2.75, 3.05) is 0 Å². The van der Waals surface area contributed by atoms with Gasteiger partial charge in [-0.25, -0.2) is 0 Å². The standard InChI is InChI=1S/C24H24N4O4/c1-15(21(24(30)31)14-16-3-2-4-20(13-16)22(25)26)27-23(29)19-7-5-17(6-8-19)18-9-11-28(32)12-10-18/h2-13,15,21H,14H2,1H3,(H3,25,26)(H,27,29)(H,30,31)/t15?,21-/m0/s1. The molecule has 32 heavy (non-hydrogen) atoms. The maximum absolute atomic E-state index is 12.7. The van der Waals surface area contributed by atoms with Crippen LogP contribution in [0.3, 0.4) is 0 Å². The minimum absolute atomic E-state index is 0.0914. The Morgan fingerprint density at radius 2 is 1.69 bits per heavy atom. The number of nitrogens with two attached hydrogens (primary N) is 1. The minimum Gasteiger partial charge on any atom is -0.619 e. The van der Waals surface area contributed by atoms with E-state index in [0.29, 0.717) is 15.9 Å². The van der Waals surface area contributed by atoms with Gasteiger partial charge in [-0.2, -0.15) is 4.73 Å². The summed E-state index contributed by atoms with van der Waals surface area (Å²) in [4.78, 5) is 24.5. The highest BCUT2D eigenvalue weighted by molar-refractivity contribution is 5.95. The van der Waals surface area contributed by atoms with Gasteiger partial charge in [-0.15, -0.1) is 0 Å². The molecule has 3 rings (SSSR count). The van der Waals surface area contributed by atoms with Crippen LogP contribution in [0.4, 0.5) is 0 Å². The van der Waals surface area contributed by atoms with Gasteiger partial charge in [0.15, 0.2) is 12.4 Å². The zero-order chi connectivity index (χ0) is 23.3. The van der Waals surface area contributed by atoms with Crippen molar-refractivity contribution in [3.63, 3.8) is 0 Å².